The maximum atomic E-state index is 13.8. The van der Waals surface area contributed by atoms with Gasteiger partial charge in [-0.3, -0.25) is 9.59 Å². The lowest BCUT2D eigenvalue weighted by molar-refractivity contribution is -0.129. The Morgan fingerprint density at radius 3 is 2.41 bits per heavy atom. The Hall–Kier alpha value is -3.89. The number of aryl methyl sites for hydroxylation is 1. The molecule has 2 aliphatic heterocycles. The van der Waals surface area contributed by atoms with Gasteiger partial charge in [0.15, 0.2) is 6.10 Å². The fourth-order valence-corrected chi connectivity index (χ4v) is 6.95. The largest absolute Gasteiger partial charge is 0.496 e. The van der Waals surface area contributed by atoms with Gasteiger partial charge in [-0.2, -0.15) is 4.31 Å². The van der Waals surface area contributed by atoms with Gasteiger partial charge in [-0.15, -0.1) is 0 Å². The monoisotopic (exact) mass is 577 g/mol. The zero-order valence-corrected chi connectivity index (χ0v) is 24.1. The number of carbonyl (C=O) groups excluding carboxylic acids is 2. The van der Waals surface area contributed by atoms with Gasteiger partial charge in [-0.05, 0) is 67.6 Å². The minimum atomic E-state index is -3.70. The Morgan fingerprint density at radius 1 is 1.00 bits per heavy atom. The number of hydrogen-bond donors (Lipinski definition) is 1. The van der Waals surface area contributed by atoms with E-state index in [1.165, 1.54) is 4.31 Å². The molecule has 41 heavy (non-hydrogen) atoms. The second kappa shape index (κ2) is 12.3. The van der Waals surface area contributed by atoms with Gasteiger partial charge in [-0.1, -0.05) is 42.5 Å². The van der Waals surface area contributed by atoms with Crippen molar-refractivity contribution in [1.82, 2.24) is 9.62 Å². The van der Waals surface area contributed by atoms with Crippen molar-refractivity contribution in [1.29, 1.82) is 0 Å². The van der Waals surface area contributed by atoms with E-state index >= 15 is 0 Å². The van der Waals surface area contributed by atoms with Crippen LogP contribution in [0.25, 0.3) is 0 Å². The summed E-state index contributed by atoms with van der Waals surface area (Å²) in [6.07, 6.45) is 0.626. The number of nitrogens with zero attached hydrogens (tertiary/aromatic N) is 2. The molecule has 0 unspecified atom stereocenters. The van der Waals surface area contributed by atoms with E-state index in [9.17, 15) is 18.0 Å². The predicted molar refractivity (Wildman–Crippen MR) is 156 cm³/mol. The van der Waals surface area contributed by atoms with Gasteiger partial charge in [0.1, 0.15) is 11.5 Å². The molecular weight excluding hydrogens is 542 g/mol. The number of amides is 2. The Morgan fingerprint density at radius 2 is 1.71 bits per heavy atom. The van der Waals surface area contributed by atoms with Crippen LogP contribution in [-0.2, 0) is 26.0 Å². The van der Waals surface area contributed by atoms with Crippen LogP contribution in [-0.4, -0.2) is 63.9 Å². The zero-order chi connectivity index (χ0) is 29.0. The highest BCUT2D eigenvalue weighted by Gasteiger charge is 2.39. The van der Waals surface area contributed by atoms with Crippen molar-refractivity contribution in [3.05, 3.63) is 83.9 Å². The van der Waals surface area contributed by atoms with E-state index in [4.69, 9.17) is 9.47 Å². The Bertz CT molecular complexity index is 1500. The lowest BCUT2D eigenvalue weighted by atomic mass is 9.95. The zero-order valence-electron chi connectivity index (χ0n) is 23.3. The van der Waals surface area contributed by atoms with Gasteiger partial charge < -0.3 is 19.7 Å². The maximum absolute atomic E-state index is 13.8. The van der Waals surface area contributed by atoms with Crippen LogP contribution in [0.4, 0.5) is 5.69 Å². The number of hydrogen-bond acceptors (Lipinski definition) is 6. The van der Waals surface area contributed by atoms with Crippen molar-refractivity contribution in [3.8, 4) is 11.5 Å². The number of carbonyl (C=O) groups is 2. The molecule has 0 saturated carbocycles. The molecule has 1 N–H and O–H groups in total. The summed E-state index contributed by atoms with van der Waals surface area (Å²) in [5.74, 6) is 0.337. The van der Waals surface area contributed by atoms with Crippen LogP contribution in [0.2, 0.25) is 0 Å². The molecule has 0 bridgehead atoms. The van der Waals surface area contributed by atoms with Crippen LogP contribution in [0, 0.1) is 12.8 Å². The van der Waals surface area contributed by atoms with Crippen molar-refractivity contribution in [2.24, 2.45) is 5.92 Å². The number of ether oxygens (including phenoxy) is 2. The first-order chi connectivity index (χ1) is 19.8. The molecule has 2 amide bonds. The normalized spacial score (nSPS) is 17.8. The molecule has 3 aromatic rings. The van der Waals surface area contributed by atoms with Crippen molar-refractivity contribution in [3.63, 3.8) is 0 Å². The van der Waals surface area contributed by atoms with Crippen LogP contribution < -0.4 is 19.7 Å². The van der Waals surface area contributed by atoms with Crippen LogP contribution in [0.15, 0.2) is 77.7 Å². The van der Waals surface area contributed by atoms with E-state index in [1.54, 1.807) is 49.3 Å². The lowest BCUT2D eigenvalue weighted by Gasteiger charge is -2.38. The third-order valence-electron chi connectivity index (χ3n) is 7.70. The number of para-hydroxylation sites is 2. The average Bonchev–Trinajstić information content (AvgIpc) is 3.00. The highest BCUT2D eigenvalue weighted by Crippen LogP contribution is 2.36. The predicted octanol–water partition coefficient (Wildman–Crippen LogP) is 3.56. The van der Waals surface area contributed by atoms with Gasteiger partial charge >= 0.3 is 0 Å². The second-order valence-electron chi connectivity index (χ2n) is 10.4. The van der Waals surface area contributed by atoms with Gasteiger partial charge in [0.25, 0.3) is 5.91 Å². The number of rotatable bonds is 8. The summed E-state index contributed by atoms with van der Waals surface area (Å²) in [6.45, 7) is 2.83. The Balaban J connectivity index is 1.23. The quantitative estimate of drug-likeness (QED) is 0.439. The summed E-state index contributed by atoms with van der Waals surface area (Å²) in [5, 5.41) is 2.94. The first-order valence-electron chi connectivity index (χ1n) is 13.8. The van der Waals surface area contributed by atoms with Crippen molar-refractivity contribution in [2.45, 2.75) is 37.2 Å². The van der Waals surface area contributed by atoms with Crippen LogP contribution in [0.3, 0.4) is 0 Å². The van der Waals surface area contributed by atoms with E-state index in [-0.39, 0.29) is 42.3 Å². The number of anilines is 1. The molecule has 1 fully saturated rings. The molecule has 10 heteroatoms. The van der Waals surface area contributed by atoms with Crippen molar-refractivity contribution < 1.29 is 27.5 Å². The summed E-state index contributed by atoms with van der Waals surface area (Å²) in [5.41, 5.74) is 2.48. The molecule has 0 spiro atoms. The summed E-state index contributed by atoms with van der Waals surface area (Å²) < 4.78 is 39.3. The number of methoxy groups -OCH3 is 1. The Kier molecular flexibility index (Phi) is 8.60. The van der Waals surface area contributed by atoms with Crippen molar-refractivity contribution in [2.75, 3.05) is 38.2 Å². The van der Waals surface area contributed by atoms with Gasteiger partial charge in [-0.25, -0.2) is 8.42 Å². The molecule has 0 radical (unpaired) electrons. The highest BCUT2D eigenvalue weighted by molar-refractivity contribution is 7.89. The number of benzene rings is 3. The topological polar surface area (TPSA) is 105 Å². The van der Waals surface area contributed by atoms with E-state index in [0.717, 1.165) is 11.1 Å². The van der Waals surface area contributed by atoms with E-state index < -0.39 is 16.1 Å². The van der Waals surface area contributed by atoms with E-state index in [1.807, 2.05) is 42.5 Å². The third kappa shape index (κ3) is 6.23. The summed E-state index contributed by atoms with van der Waals surface area (Å²) in [7, 11) is -2.15. The summed E-state index contributed by atoms with van der Waals surface area (Å²) in [4.78, 5) is 28.7. The van der Waals surface area contributed by atoms with E-state index in [2.05, 4.69) is 5.32 Å². The summed E-state index contributed by atoms with van der Waals surface area (Å²) in [6, 6.07) is 21.9. The van der Waals surface area contributed by atoms with Gasteiger partial charge in [0.05, 0.1) is 24.2 Å². The maximum Gasteiger partial charge on any atom is 0.262 e. The second-order valence-corrected chi connectivity index (χ2v) is 12.3. The minimum Gasteiger partial charge on any atom is -0.496 e. The van der Waals surface area contributed by atoms with Gasteiger partial charge in [0.2, 0.25) is 15.9 Å². The van der Waals surface area contributed by atoms with E-state index in [0.29, 0.717) is 43.0 Å². The molecule has 5 rings (SSSR count). The van der Waals surface area contributed by atoms with Crippen LogP contribution in [0.5, 0.6) is 11.5 Å². The molecule has 1 atom stereocenters. The SMILES string of the molecule is COc1ccc(S(=O)(=O)N2CCC(C(=O)N3C[C@H](C(=O)NCCc4ccccc4)Oc4ccccc43)CC2)cc1C. The smallest absolute Gasteiger partial charge is 0.262 e. The first-order valence-corrected chi connectivity index (χ1v) is 15.3. The minimum absolute atomic E-state index is 0.0939. The molecule has 3 aromatic carbocycles. The molecule has 9 nitrogen and oxygen atoms in total. The lowest BCUT2D eigenvalue weighted by Crippen LogP contribution is -2.53. The van der Waals surface area contributed by atoms with Gasteiger partial charge in [0, 0.05) is 25.6 Å². The highest BCUT2D eigenvalue weighted by atomic mass is 32.2. The molecule has 2 aliphatic rings. The standard InChI is InChI=1S/C31H35N3O6S/c1-22-20-25(12-13-27(22)39-2)41(37,38)33-18-15-24(16-19-33)31(36)34-21-29(40-28-11-7-6-10-26(28)34)30(35)32-17-14-23-8-4-3-5-9-23/h3-13,20,24,29H,14-19,21H2,1-2H3,(H,32,35)/t29-/m1/s1. The number of sulfonamides is 1. The third-order valence-corrected chi connectivity index (χ3v) is 9.59. The van der Waals surface area contributed by atoms with Crippen LogP contribution in [0.1, 0.15) is 24.0 Å². The summed E-state index contributed by atoms with van der Waals surface area (Å²) >= 11 is 0. The number of piperidine rings is 1. The fraction of sp³-hybridized carbons (Fsp3) is 0.355. The molecule has 2 heterocycles. The number of fused-ring (bicyclic) bond motifs is 1. The molecular formula is C31H35N3O6S. The van der Waals surface area contributed by atoms with Crippen LogP contribution >= 0.6 is 0 Å². The molecule has 1 saturated heterocycles. The molecule has 0 aliphatic carbocycles. The molecule has 216 valence electrons. The Labute approximate surface area is 241 Å². The number of nitrogens with one attached hydrogen (secondary N) is 1. The van der Waals surface area contributed by atoms with Crippen molar-refractivity contribution >= 4 is 27.5 Å². The molecule has 0 aromatic heterocycles. The fourth-order valence-electron chi connectivity index (χ4n) is 5.39. The average molecular weight is 578 g/mol. The first kappa shape index (κ1) is 28.6.